The molecule has 15 aromatic carbocycles. The van der Waals surface area contributed by atoms with Gasteiger partial charge in [0.15, 0.2) is 0 Å². The summed E-state index contributed by atoms with van der Waals surface area (Å²) >= 11 is 0. The molecule has 17 aromatic rings. The SMILES string of the molecule is c1ccc(-c2ccc(N(c3ccc(-c4cc5oc6ccccc6c5cc4-c4ccccc4)cc3)c3ccccc3-c3cccc(-c4ccc5c(c4)oc4cc(N(c6ccc(-c7ccccc7)cc6)c6ccc(-c7ccccc7)cc6)c(-c6ccccc6)cc45)c3)cc2)cc1. The van der Waals surface area contributed by atoms with Crippen molar-refractivity contribution in [1.29, 1.82) is 0 Å². The summed E-state index contributed by atoms with van der Waals surface area (Å²) in [4.78, 5) is 4.76. The van der Waals surface area contributed by atoms with Gasteiger partial charge in [-0.05, 0) is 175 Å². The van der Waals surface area contributed by atoms with E-state index in [1.165, 1.54) is 16.7 Å². The predicted molar refractivity (Wildman–Crippen MR) is 394 cm³/mol. The first-order chi connectivity index (χ1) is 46.6. The molecule has 0 spiro atoms. The molecule has 0 N–H and O–H groups in total. The number of fused-ring (bicyclic) bond motifs is 6. The Bertz CT molecular complexity index is 5470. The molecule has 94 heavy (non-hydrogen) atoms. The third-order valence-corrected chi connectivity index (χ3v) is 18.3. The lowest BCUT2D eigenvalue weighted by atomic mass is 9.92. The molecule has 0 radical (unpaired) electrons. The lowest BCUT2D eigenvalue weighted by molar-refractivity contribution is 0.668. The van der Waals surface area contributed by atoms with Gasteiger partial charge >= 0.3 is 0 Å². The van der Waals surface area contributed by atoms with Crippen LogP contribution in [0.3, 0.4) is 0 Å². The fourth-order valence-electron chi connectivity index (χ4n) is 13.6. The minimum absolute atomic E-state index is 0.810. The fraction of sp³-hybridized carbons (Fsp3) is 0. The topological polar surface area (TPSA) is 32.8 Å². The van der Waals surface area contributed by atoms with Crippen molar-refractivity contribution < 1.29 is 8.83 Å². The summed E-state index contributed by atoms with van der Waals surface area (Å²) < 4.78 is 13.6. The van der Waals surface area contributed by atoms with E-state index in [0.29, 0.717) is 0 Å². The van der Waals surface area contributed by atoms with Crippen LogP contribution in [0.5, 0.6) is 0 Å². The Morgan fingerprint density at radius 1 is 0.160 bits per heavy atom. The van der Waals surface area contributed by atoms with Gasteiger partial charge in [-0.3, -0.25) is 0 Å². The van der Waals surface area contributed by atoms with Gasteiger partial charge in [-0.15, -0.1) is 0 Å². The standard InChI is InChI=1S/C90H60N2O2/c1-6-21-61(22-7-1)64-37-46-73(47-38-64)91(74-52-43-69(44-53-74)81-59-89-83(78-34-17-19-36-87(78)93-89)57-80(81)67-27-12-4-13-28-67)85-35-18-16-33-77(85)72-32-20-31-70(55-72)71-45-54-79-84-58-82(68-29-14-5-15-30-68)86(60-90(84)94-88(79)56-71)92(75-48-39-65(40-49-75)62-23-8-2-9-24-62)76-50-41-66(42-51-76)63-25-10-3-11-26-63/h1-60H. The molecular formula is C90H60N2O2. The zero-order valence-corrected chi connectivity index (χ0v) is 51.4. The van der Waals surface area contributed by atoms with Crippen molar-refractivity contribution in [3.63, 3.8) is 0 Å². The second-order valence-corrected chi connectivity index (χ2v) is 24.0. The van der Waals surface area contributed by atoms with E-state index in [1.54, 1.807) is 0 Å². The molecule has 2 aromatic heterocycles. The number of rotatable bonds is 14. The summed E-state index contributed by atoms with van der Waals surface area (Å²) in [6, 6.07) is 131. The molecule has 17 rings (SSSR count). The Morgan fingerprint density at radius 3 is 1.05 bits per heavy atom. The van der Waals surface area contributed by atoms with Crippen LogP contribution in [0.1, 0.15) is 0 Å². The highest BCUT2D eigenvalue weighted by atomic mass is 16.3. The fourth-order valence-corrected chi connectivity index (χ4v) is 13.6. The van der Waals surface area contributed by atoms with Crippen molar-refractivity contribution in [2.45, 2.75) is 0 Å². The van der Waals surface area contributed by atoms with Crippen molar-refractivity contribution in [1.82, 2.24) is 0 Å². The molecule has 0 aliphatic carbocycles. The largest absolute Gasteiger partial charge is 0.456 e. The van der Waals surface area contributed by atoms with Crippen molar-refractivity contribution in [3.05, 3.63) is 364 Å². The molecule has 0 atom stereocenters. The maximum Gasteiger partial charge on any atom is 0.137 e. The third-order valence-electron chi connectivity index (χ3n) is 18.3. The molecule has 4 heteroatoms. The van der Waals surface area contributed by atoms with Gasteiger partial charge in [0.2, 0.25) is 0 Å². The van der Waals surface area contributed by atoms with Gasteiger partial charge in [0, 0.05) is 61.5 Å². The van der Waals surface area contributed by atoms with Crippen LogP contribution in [0.2, 0.25) is 0 Å². The molecular weight excluding hydrogens is 1140 g/mol. The maximum absolute atomic E-state index is 7.08. The van der Waals surface area contributed by atoms with Gasteiger partial charge in [0.05, 0.1) is 11.4 Å². The second kappa shape index (κ2) is 24.0. The zero-order chi connectivity index (χ0) is 62.3. The van der Waals surface area contributed by atoms with Gasteiger partial charge in [-0.2, -0.15) is 0 Å². The van der Waals surface area contributed by atoms with Crippen molar-refractivity contribution in [2.24, 2.45) is 0 Å². The van der Waals surface area contributed by atoms with Gasteiger partial charge in [-0.1, -0.05) is 261 Å². The van der Waals surface area contributed by atoms with Gasteiger partial charge in [-0.25, -0.2) is 0 Å². The Kier molecular flexibility index (Phi) is 14.2. The van der Waals surface area contributed by atoms with Crippen LogP contribution in [-0.2, 0) is 0 Å². The molecule has 0 unspecified atom stereocenters. The summed E-state index contributed by atoms with van der Waals surface area (Å²) in [6.07, 6.45) is 0. The molecule has 4 nitrogen and oxygen atoms in total. The highest BCUT2D eigenvalue weighted by Crippen LogP contribution is 2.48. The Balaban J connectivity index is 0.757. The molecule has 0 fully saturated rings. The highest BCUT2D eigenvalue weighted by Gasteiger charge is 2.24. The Morgan fingerprint density at radius 2 is 0.500 bits per heavy atom. The van der Waals surface area contributed by atoms with Crippen LogP contribution in [0.4, 0.5) is 34.1 Å². The average molecular weight is 1200 g/mol. The second-order valence-electron chi connectivity index (χ2n) is 24.0. The van der Waals surface area contributed by atoms with E-state index < -0.39 is 0 Å². The molecule has 0 aliphatic heterocycles. The minimum Gasteiger partial charge on any atom is -0.456 e. The number of furan rings is 2. The van der Waals surface area contributed by atoms with Gasteiger partial charge in [0.1, 0.15) is 22.3 Å². The van der Waals surface area contributed by atoms with E-state index in [1.807, 2.05) is 12.1 Å². The molecule has 0 saturated heterocycles. The van der Waals surface area contributed by atoms with E-state index in [2.05, 4.69) is 362 Å². The average Bonchev–Trinajstić information content (AvgIpc) is 1.52. The predicted octanol–water partition coefficient (Wildman–Crippen LogP) is 25.8. The first-order valence-electron chi connectivity index (χ1n) is 32.0. The summed E-state index contributed by atoms with van der Waals surface area (Å²) in [6.45, 7) is 0. The maximum atomic E-state index is 7.08. The van der Waals surface area contributed by atoms with Crippen molar-refractivity contribution >= 4 is 78.0 Å². The van der Waals surface area contributed by atoms with Crippen LogP contribution >= 0.6 is 0 Å². The first kappa shape index (κ1) is 55.6. The van der Waals surface area contributed by atoms with Crippen LogP contribution in [0, 0.1) is 0 Å². The van der Waals surface area contributed by atoms with Crippen LogP contribution in [0.25, 0.3) is 133 Å². The summed E-state index contributed by atoms with van der Waals surface area (Å²) in [5.41, 5.74) is 27.7. The number of benzene rings is 15. The quantitative estimate of drug-likeness (QED) is 0.109. The Labute approximate surface area is 546 Å². The van der Waals surface area contributed by atoms with E-state index in [9.17, 15) is 0 Å². The number of nitrogens with zero attached hydrogens (tertiary/aromatic N) is 2. The van der Waals surface area contributed by atoms with Crippen LogP contribution < -0.4 is 9.80 Å². The normalized spacial score (nSPS) is 11.4. The van der Waals surface area contributed by atoms with E-state index in [4.69, 9.17) is 8.83 Å². The van der Waals surface area contributed by atoms with Gasteiger partial charge in [0.25, 0.3) is 0 Å². The van der Waals surface area contributed by atoms with E-state index >= 15 is 0 Å². The van der Waals surface area contributed by atoms with E-state index in [-0.39, 0.29) is 0 Å². The lowest BCUT2D eigenvalue weighted by Crippen LogP contribution is -2.11. The molecule has 0 amide bonds. The summed E-state index contributed by atoms with van der Waals surface area (Å²) in [5, 5.41) is 4.33. The molecule has 442 valence electrons. The molecule has 0 aliphatic rings. The number of hydrogen-bond donors (Lipinski definition) is 0. The van der Waals surface area contributed by atoms with E-state index in [0.717, 1.165) is 150 Å². The van der Waals surface area contributed by atoms with Crippen LogP contribution in [-0.4, -0.2) is 0 Å². The number of anilines is 6. The first-order valence-corrected chi connectivity index (χ1v) is 32.0. The third kappa shape index (κ3) is 10.5. The minimum atomic E-state index is 0.810. The number of para-hydroxylation sites is 2. The zero-order valence-electron chi connectivity index (χ0n) is 51.4. The monoisotopic (exact) mass is 1200 g/mol. The summed E-state index contributed by atoms with van der Waals surface area (Å²) in [5.74, 6) is 0. The smallest absolute Gasteiger partial charge is 0.137 e. The van der Waals surface area contributed by atoms with Crippen molar-refractivity contribution in [3.8, 4) is 89.0 Å². The number of hydrogen-bond acceptors (Lipinski definition) is 4. The summed E-state index contributed by atoms with van der Waals surface area (Å²) in [7, 11) is 0. The highest BCUT2D eigenvalue weighted by molar-refractivity contribution is 6.11. The van der Waals surface area contributed by atoms with Crippen molar-refractivity contribution in [2.75, 3.05) is 9.80 Å². The molecule has 2 heterocycles. The lowest BCUT2D eigenvalue weighted by Gasteiger charge is -2.28. The molecule has 0 bridgehead atoms. The Hall–Kier alpha value is -12.5. The van der Waals surface area contributed by atoms with Crippen LogP contribution in [0.15, 0.2) is 373 Å². The van der Waals surface area contributed by atoms with Gasteiger partial charge < -0.3 is 18.6 Å². The molecule has 0 saturated carbocycles.